The first-order valence-electron chi connectivity index (χ1n) is 7.22. The summed E-state index contributed by atoms with van der Waals surface area (Å²) < 4.78 is 0. The zero-order valence-electron chi connectivity index (χ0n) is 12.7. The minimum atomic E-state index is -1.89. The molecule has 1 aliphatic rings. The monoisotopic (exact) mass is 343 g/mol. The summed E-state index contributed by atoms with van der Waals surface area (Å²) in [4.78, 5) is 37.1. The van der Waals surface area contributed by atoms with Gasteiger partial charge in [0.25, 0.3) is 11.8 Å². The second kappa shape index (κ2) is 5.91. The maximum atomic E-state index is 12.5. The summed E-state index contributed by atoms with van der Waals surface area (Å²) in [6.07, 6.45) is -1.80. The Hall–Kier alpha value is -3.39. The molecule has 0 radical (unpaired) electrons. The average Bonchev–Trinajstić information content (AvgIpc) is 2.83. The van der Waals surface area contributed by atoms with Crippen molar-refractivity contribution in [1.29, 1.82) is 0 Å². The van der Waals surface area contributed by atoms with Gasteiger partial charge in [0.2, 0.25) is 0 Å². The minimum absolute atomic E-state index is 0.0551. The highest BCUT2D eigenvalue weighted by atomic mass is 16.4. The third-order valence-electron chi connectivity index (χ3n) is 4.00. The number of carboxylic acids is 1. The zero-order chi connectivity index (χ0) is 18.3. The lowest BCUT2D eigenvalue weighted by molar-refractivity contribution is -0.145. The number of fused-ring (bicyclic) bond motifs is 1. The lowest BCUT2D eigenvalue weighted by atomic mass is 10.0. The molecule has 2 amide bonds. The highest BCUT2D eigenvalue weighted by Crippen LogP contribution is 2.33. The van der Waals surface area contributed by atoms with Gasteiger partial charge in [0.1, 0.15) is 6.10 Å². The number of nitrogens with zero attached hydrogens (tertiary/aromatic N) is 1. The molecule has 25 heavy (non-hydrogen) atoms. The number of aliphatic hydroxyl groups is 1. The molecule has 0 unspecified atom stereocenters. The fraction of sp³-hybridized carbons (Fsp3) is 0.118. The third kappa shape index (κ3) is 2.58. The number of aliphatic hydroxyl groups excluding tert-OH is 1. The Morgan fingerprint density at radius 1 is 0.920 bits per heavy atom. The summed E-state index contributed by atoms with van der Waals surface area (Å²) in [6.45, 7) is 0. The third-order valence-corrected chi connectivity index (χ3v) is 4.00. The summed E-state index contributed by atoms with van der Waals surface area (Å²) >= 11 is 0. The Balaban J connectivity index is 2.02. The fourth-order valence-corrected chi connectivity index (χ4v) is 2.75. The van der Waals surface area contributed by atoms with Crippen LogP contribution >= 0.6 is 0 Å². The number of phenols is 2. The van der Waals surface area contributed by atoms with Crippen molar-refractivity contribution in [3.05, 3.63) is 59.2 Å². The van der Waals surface area contributed by atoms with E-state index in [0.717, 1.165) is 12.1 Å². The van der Waals surface area contributed by atoms with E-state index in [-0.39, 0.29) is 16.7 Å². The Morgan fingerprint density at radius 3 is 1.96 bits per heavy atom. The van der Waals surface area contributed by atoms with Crippen molar-refractivity contribution in [1.82, 2.24) is 4.90 Å². The molecule has 1 aliphatic heterocycles. The van der Waals surface area contributed by atoms with Crippen LogP contribution in [0.4, 0.5) is 0 Å². The van der Waals surface area contributed by atoms with E-state index in [9.17, 15) is 34.8 Å². The van der Waals surface area contributed by atoms with Crippen molar-refractivity contribution in [2.75, 3.05) is 0 Å². The number of rotatable bonds is 4. The summed E-state index contributed by atoms with van der Waals surface area (Å²) in [6, 6.07) is 7.20. The minimum Gasteiger partial charge on any atom is -0.504 e. The summed E-state index contributed by atoms with van der Waals surface area (Å²) in [5.41, 5.74) is 0.0401. The molecule has 1 heterocycles. The number of carbonyl (C=O) groups excluding carboxylic acids is 2. The summed E-state index contributed by atoms with van der Waals surface area (Å²) in [5.74, 6) is -4.26. The summed E-state index contributed by atoms with van der Waals surface area (Å²) in [7, 11) is 0. The number of aliphatic carboxylic acids is 1. The first-order chi connectivity index (χ1) is 11.8. The van der Waals surface area contributed by atoms with Gasteiger partial charge in [-0.3, -0.25) is 14.5 Å². The molecule has 128 valence electrons. The van der Waals surface area contributed by atoms with E-state index in [4.69, 9.17) is 0 Å². The fourth-order valence-electron chi connectivity index (χ4n) is 2.75. The molecule has 2 atom stereocenters. The number of carbonyl (C=O) groups is 3. The van der Waals surface area contributed by atoms with Crippen molar-refractivity contribution in [3.63, 3.8) is 0 Å². The van der Waals surface area contributed by atoms with E-state index in [1.807, 2.05) is 0 Å². The topological polar surface area (TPSA) is 135 Å². The van der Waals surface area contributed by atoms with Gasteiger partial charge in [0, 0.05) is 0 Å². The Bertz CT molecular complexity index is 857. The number of carboxylic acid groups (broad SMARTS) is 1. The zero-order valence-corrected chi connectivity index (χ0v) is 12.7. The van der Waals surface area contributed by atoms with Crippen molar-refractivity contribution < 1.29 is 34.8 Å². The second-order valence-corrected chi connectivity index (χ2v) is 5.50. The van der Waals surface area contributed by atoms with Crippen molar-refractivity contribution in [3.8, 4) is 11.5 Å². The molecule has 0 saturated carbocycles. The number of phenolic OH excluding ortho intramolecular Hbond substituents is 2. The molecule has 3 rings (SSSR count). The highest BCUT2D eigenvalue weighted by Gasteiger charge is 2.46. The molecular weight excluding hydrogens is 330 g/mol. The molecule has 0 aliphatic carbocycles. The van der Waals surface area contributed by atoms with Crippen LogP contribution in [0.15, 0.2) is 42.5 Å². The summed E-state index contributed by atoms with van der Waals surface area (Å²) in [5, 5.41) is 38.8. The number of amides is 2. The van der Waals surface area contributed by atoms with Gasteiger partial charge in [-0.1, -0.05) is 18.2 Å². The number of hydrogen-bond acceptors (Lipinski definition) is 6. The van der Waals surface area contributed by atoms with E-state index in [0.29, 0.717) is 4.90 Å². The van der Waals surface area contributed by atoms with E-state index >= 15 is 0 Å². The van der Waals surface area contributed by atoms with Crippen molar-refractivity contribution >= 4 is 17.8 Å². The van der Waals surface area contributed by atoms with Gasteiger partial charge in [-0.2, -0.15) is 0 Å². The van der Waals surface area contributed by atoms with E-state index in [2.05, 4.69) is 0 Å². The predicted octanol–water partition coefficient (Wildman–Crippen LogP) is 0.881. The molecular formula is C17H13NO7. The SMILES string of the molecule is O=C(O)[C@@H]([C@H](O)c1ccc(O)c(O)c1)N1C(=O)c2ccccc2C1=O. The number of imide groups is 1. The molecule has 2 aromatic rings. The van der Waals surface area contributed by atoms with Crippen molar-refractivity contribution in [2.45, 2.75) is 12.1 Å². The Labute approximate surface area is 141 Å². The maximum Gasteiger partial charge on any atom is 0.330 e. The quantitative estimate of drug-likeness (QED) is 0.478. The van der Waals surface area contributed by atoms with Gasteiger partial charge in [-0.25, -0.2) is 4.79 Å². The van der Waals surface area contributed by atoms with E-state index in [1.165, 1.54) is 30.3 Å². The van der Waals surface area contributed by atoms with Crippen LogP contribution in [0.5, 0.6) is 11.5 Å². The van der Waals surface area contributed by atoms with E-state index in [1.54, 1.807) is 0 Å². The maximum absolute atomic E-state index is 12.5. The molecule has 0 fully saturated rings. The van der Waals surface area contributed by atoms with Crippen LogP contribution in [0.3, 0.4) is 0 Å². The van der Waals surface area contributed by atoms with Crippen LogP contribution in [0.2, 0.25) is 0 Å². The molecule has 0 bridgehead atoms. The molecule has 0 aromatic heterocycles. The predicted molar refractivity (Wildman–Crippen MR) is 83.1 cm³/mol. The van der Waals surface area contributed by atoms with Gasteiger partial charge in [0.05, 0.1) is 11.1 Å². The standard InChI is InChI=1S/C17H13NO7/c19-11-6-5-8(7-12(11)20)14(21)13(17(24)25)18-15(22)9-3-1-2-4-10(9)16(18)23/h1-7,13-14,19-21H,(H,24,25)/t13-,14-/m1/s1. The number of benzene rings is 2. The van der Waals surface area contributed by atoms with Gasteiger partial charge >= 0.3 is 5.97 Å². The number of aromatic hydroxyl groups is 2. The van der Waals surface area contributed by atoms with Crippen LogP contribution < -0.4 is 0 Å². The number of hydrogen-bond donors (Lipinski definition) is 4. The normalized spacial score (nSPS) is 15.8. The van der Waals surface area contributed by atoms with Crippen molar-refractivity contribution in [2.24, 2.45) is 0 Å². The highest BCUT2D eigenvalue weighted by molar-refractivity contribution is 6.22. The molecule has 8 heteroatoms. The average molecular weight is 343 g/mol. The molecule has 4 N–H and O–H groups in total. The van der Waals surface area contributed by atoms with Crippen LogP contribution in [0, 0.1) is 0 Å². The molecule has 8 nitrogen and oxygen atoms in total. The molecule has 0 spiro atoms. The first kappa shape index (κ1) is 16.5. The smallest absolute Gasteiger partial charge is 0.330 e. The molecule has 2 aromatic carbocycles. The second-order valence-electron chi connectivity index (χ2n) is 5.50. The first-order valence-corrected chi connectivity index (χ1v) is 7.22. The van der Waals surface area contributed by atoms with Crippen LogP contribution in [0.25, 0.3) is 0 Å². The Morgan fingerprint density at radius 2 is 1.48 bits per heavy atom. The lowest BCUT2D eigenvalue weighted by Gasteiger charge is -2.27. The Kier molecular flexibility index (Phi) is 3.90. The van der Waals surface area contributed by atoms with E-state index < -0.39 is 41.4 Å². The van der Waals surface area contributed by atoms with Crippen LogP contribution in [-0.2, 0) is 4.79 Å². The molecule has 0 saturated heterocycles. The largest absolute Gasteiger partial charge is 0.504 e. The van der Waals surface area contributed by atoms with Gasteiger partial charge in [0.15, 0.2) is 17.5 Å². The van der Waals surface area contributed by atoms with Gasteiger partial charge in [-0.05, 0) is 29.8 Å². The lowest BCUT2D eigenvalue weighted by Crippen LogP contribution is -2.48. The van der Waals surface area contributed by atoms with Gasteiger partial charge in [-0.15, -0.1) is 0 Å². The van der Waals surface area contributed by atoms with Crippen LogP contribution in [0.1, 0.15) is 32.4 Å². The van der Waals surface area contributed by atoms with Gasteiger partial charge < -0.3 is 20.4 Å². The van der Waals surface area contributed by atoms with Crippen LogP contribution in [-0.4, -0.2) is 49.2 Å².